The Labute approximate surface area is 126 Å². The number of piperazine rings is 1. The first-order valence-electron chi connectivity index (χ1n) is 8.20. The fourth-order valence-electron chi connectivity index (χ4n) is 3.65. The molecule has 116 valence electrons. The van der Waals surface area contributed by atoms with Gasteiger partial charge in [-0.3, -0.25) is 4.90 Å². The van der Waals surface area contributed by atoms with E-state index >= 15 is 0 Å². The van der Waals surface area contributed by atoms with Gasteiger partial charge in [0.1, 0.15) is 5.82 Å². The molecule has 2 heterocycles. The third-order valence-electron chi connectivity index (χ3n) is 4.95. The summed E-state index contributed by atoms with van der Waals surface area (Å²) in [5.41, 5.74) is 7.12. The fraction of sp³-hybridized carbons (Fsp3) is 0.647. The maximum absolute atomic E-state index is 13.2. The highest BCUT2D eigenvalue weighted by molar-refractivity contribution is 5.19. The van der Waals surface area contributed by atoms with Crippen LogP contribution >= 0.6 is 0 Å². The molecule has 1 aromatic rings. The van der Waals surface area contributed by atoms with Gasteiger partial charge in [0.05, 0.1) is 0 Å². The second-order valence-corrected chi connectivity index (χ2v) is 6.44. The molecule has 2 atom stereocenters. The largest absolute Gasteiger partial charge is 0.324 e. The lowest BCUT2D eigenvalue weighted by atomic mass is 9.99. The van der Waals surface area contributed by atoms with Gasteiger partial charge in [0.25, 0.3) is 0 Å². The highest BCUT2D eigenvalue weighted by Gasteiger charge is 2.28. The Kier molecular flexibility index (Phi) is 4.88. The van der Waals surface area contributed by atoms with Crippen LogP contribution in [0, 0.1) is 5.82 Å². The van der Waals surface area contributed by atoms with Crippen LogP contribution in [0.2, 0.25) is 0 Å². The number of piperidine rings is 1. The maximum Gasteiger partial charge on any atom is 0.123 e. The van der Waals surface area contributed by atoms with Crippen LogP contribution in [0.15, 0.2) is 24.3 Å². The first-order valence-corrected chi connectivity index (χ1v) is 8.20. The quantitative estimate of drug-likeness (QED) is 0.924. The van der Waals surface area contributed by atoms with Crippen LogP contribution in [0.5, 0.6) is 0 Å². The van der Waals surface area contributed by atoms with E-state index in [0.29, 0.717) is 0 Å². The average molecular weight is 291 g/mol. The van der Waals surface area contributed by atoms with Gasteiger partial charge in [0.2, 0.25) is 0 Å². The van der Waals surface area contributed by atoms with Gasteiger partial charge in [-0.15, -0.1) is 0 Å². The minimum absolute atomic E-state index is 0.0647. The molecule has 0 bridgehead atoms. The van der Waals surface area contributed by atoms with Crippen LogP contribution in [0.25, 0.3) is 0 Å². The summed E-state index contributed by atoms with van der Waals surface area (Å²) >= 11 is 0. The van der Waals surface area contributed by atoms with E-state index in [1.807, 2.05) is 6.07 Å². The van der Waals surface area contributed by atoms with Crippen LogP contribution in [0.3, 0.4) is 0 Å². The van der Waals surface area contributed by atoms with E-state index in [2.05, 4.69) is 9.80 Å². The number of hydrogen-bond donors (Lipinski definition) is 1. The van der Waals surface area contributed by atoms with Crippen LogP contribution in [0.4, 0.5) is 4.39 Å². The SMILES string of the molecule is NC(CCN1CCN2CCCCC2C1)c1cccc(F)c1. The third-order valence-corrected chi connectivity index (χ3v) is 4.95. The lowest BCUT2D eigenvalue weighted by molar-refractivity contribution is 0.0481. The van der Waals surface area contributed by atoms with Crippen molar-refractivity contribution in [2.24, 2.45) is 5.73 Å². The van der Waals surface area contributed by atoms with Crippen molar-refractivity contribution >= 4 is 0 Å². The molecule has 3 nitrogen and oxygen atoms in total. The van der Waals surface area contributed by atoms with Crippen LogP contribution < -0.4 is 5.73 Å². The van der Waals surface area contributed by atoms with E-state index in [4.69, 9.17) is 5.73 Å². The van der Waals surface area contributed by atoms with Gasteiger partial charge in [-0.25, -0.2) is 4.39 Å². The van der Waals surface area contributed by atoms with Crippen LogP contribution in [-0.4, -0.2) is 48.6 Å². The minimum atomic E-state index is -0.196. The van der Waals surface area contributed by atoms with Crippen molar-refractivity contribution in [1.82, 2.24) is 9.80 Å². The van der Waals surface area contributed by atoms with Crippen molar-refractivity contribution in [2.75, 3.05) is 32.7 Å². The van der Waals surface area contributed by atoms with E-state index in [1.54, 1.807) is 12.1 Å². The van der Waals surface area contributed by atoms with E-state index in [1.165, 1.54) is 45.0 Å². The highest BCUT2D eigenvalue weighted by Crippen LogP contribution is 2.22. The van der Waals surface area contributed by atoms with Crippen molar-refractivity contribution in [1.29, 1.82) is 0 Å². The van der Waals surface area contributed by atoms with E-state index in [-0.39, 0.29) is 11.9 Å². The maximum atomic E-state index is 13.2. The molecule has 2 aliphatic heterocycles. The Hall–Kier alpha value is -0.970. The Bertz CT molecular complexity index is 465. The summed E-state index contributed by atoms with van der Waals surface area (Å²) in [5.74, 6) is -0.196. The van der Waals surface area contributed by atoms with Crippen molar-refractivity contribution in [3.8, 4) is 0 Å². The molecule has 0 amide bonds. The number of rotatable bonds is 4. The predicted octanol–water partition coefficient (Wildman–Crippen LogP) is 2.39. The summed E-state index contributed by atoms with van der Waals surface area (Å²) in [6.45, 7) is 5.81. The number of hydrogen-bond acceptors (Lipinski definition) is 3. The monoisotopic (exact) mass is 291 g/mol. The van der Waals surface area contributed by atoms with Gasteiger partial charge in [-0.05, 0) is 43.5 Å². The number of benzene rings is 1. The molecule has 0 aromatic heterocycles. The zero-order valence-corrected chi connectivity index (χ0v) is 12.7. The predicted molar refractivity (Wildman–Crippen MR) is 83.6 cm³/mol. The zero-order valence-electron chi connectivity index (χ0n) is 12.7. The molecule has 21 heavy (non-hydrogen) atoms. The summed E-state index contributed by atoms with van der Waals surface area (Å²) in [6, 6.07) is 7.38. The Morgan fingerprint density at radius 3 is 3.00 bits per heavy atom. The van der Waals surface area contributed by atoms with E-state index in [9.17, 15) is 4.39 Å². The Morgan fingerprint density at radius 1 is 1.24 bits per heavy atom. The number of nitrogens with two attached hydrogens (primary N) is 1. The molecular weight excluding hydrogens is 265 g/mol. The van der Waals surface area contributed by atoms with Gasteiger partial charge in [-0.1, -0.05) is 18.6 Å². The first kappa shape index (κ1) is 14.9. The molecule has 2 aliphatic rings. The van der Waals surface area contributed by atoms with Gasteiger partial charge >= 0.3 is 0 Å². The molecule has 1 aromatic carbocycles. The van der Waals surface area contributed by atoms with E-state index in [0.717, 1.165) is 31.1 Å². The highest BCUT2D eigenvalue weighted by atomic mass is 19.1. The molecule has 0 aliphatic carbocycles. The van der Waals surface area contributed by atoms with Gasteiger partial charge in [0.15, 0.2) is 0 Å². The lowest BCUT2D eigenvalue weighted by Crippen LogP contribution is -2.54. The lowest BCUT2D eigenvalue weighted by Gasteiger charge is -2.44. The normalized spacial score (nSPS) is 25.5. The zero-order chi connectivity index (χ0) is 14.7. The molecule has 0 saturated carbocycles. The standard InChI is InChI=1S/C17H26FN3/c18-15-5-3-4-14(12-15)17(19)7-9-20-10-11-21-8-2-1-6-16(21)13-20/h3-5,12,16-17H,1-2,6-11,13,19H2. The summed E-state index contributed by atoms with van der Waals surface area (Å²) < 4.78 is 13.2. The van der Waals surface area contributed by atoms with E-state index < -0.39 is 0 Å². The number of halogens is 1. The molecule has 2 N–H and O–H groups in total. The molecule has 2 unspecified atom stereocenters. The second-order valence-electron chi connectivity index (χ2n) is 6.44. The average Bonchev–Trinajstić information content (AvgIpc) is 2.52. The Morgan fingerprint density at radius 2 is 2.14 bits per heavy atom. The van der Waals surface area contributed by atoms with Crippen molar-refractivity contribution < 1.29 is 4.39 Å². The minimum Gasteiger partial charge on any atom is -0.324 e. The topological polar surface area (TPSA) is 32.5 Å². The smallest absolute Gasteiger partial charge is 0.123 e. The molecule has 0 radical (unpaired) electrons. The first-order chi connectivity index (χ1) is 10.2. The third kappa shape index (κ3) is 3.82. The molecule has 0 spiro atoms. The summed E-state index contributed by atoms with van der Waals surface area (Å²) in [6.07, 6.45) is 4.97. The number of fused-ring (bicyclic) bond motifs is 1. The Balaban J connectivity index is 1.49. The van der Waals surface area contributed by atoms with Crippen LogP contribution in [0.1, 0.15) is 37.3 Å². The summed E-state index contributed by atoms with van der Waals surface area (Å²) in [5, 5.41) is 0. The molecule has 2 fully saturated rings. The molecule has 2 saturated heterocycles. The van der Waals surface area contributed by atoms with Gasteiger partial charge < -0.3 is 10.6 Å². The second kappa shape index (κ2) is 6.86. The summed E-state index contributed by atoms with van der Waals surface area (Å²) in [7, 11) is 0. The number of nitrogens with zero attached hydrogens (tertiary/aromatic N) is 2. The molecular formula is C17H26FN3. The van der Waals surface area contributed by atoms with Crippen molar-refractivity contribution in [3.63, 3.8) is 0 Å². The van der Waals surface area contributed by atoms with Crippen molar-refractivity contribution in [3.05, 3.63) is 35.6 Å². The van der Waals surface area contributed by atoms with Gasteiger partial charge in [0, 0.05) is 38.3 Å². The van der Waals surface area contributed by atoms with Crippen LogP contribution in [-0.2, 0) is 0 Å². The molecule has 3 rings (SSSR count). The summed E-state index contributed by atoms with van der Waals surface area (Å²) in [4.78, 5) is 5.18. The van der Waals surface area contributed by atoms with Gasteiger partial charge in [-0.2, -0.15) is 0 Å². The van der Waals surface area contributed by atoms with Crippen molar-refractivity contribution in [2.45, 2.75) is 37.8 Å². The molecule has 4 heteroatoms. The fourth-order valence-corrected chi connectivity index (χ4v) is 3.65.